The van der Waals surface area contributed by atoms with Crippen molar-refractivity contribution >= 4 is 23.3 Å². The second-order valence-corrected chi connectivity index (χ2v) is 4.93. The van der Waals surface area contributed by atoms with Gasteiger partial charge in [-0.15, -0.1) is 0 Å². The number of benzene rings is 2. The highest BCUT2D eigenvalue weighted by atomic mass is 32.1. The van der Waals surface area contributed by atoms with E-state index in [0.29, 0.717) is 11.1 Å². The van der Waals surface area contributed by atoms with Crippen LogP contribution in [0.2, 0.25) is 0 Å². The third-order valence-corrected chi connectivity index (χ3v) is 3.56. The molecule has 0 bridgehead atoms. The fraction of sp³-hybridized carbons (Fsp3) is 0.125. The predicted molar refractivity (Wildman–Crippen MR) is 82.7 cm³/mol. The van der Waals surface area contributed by atoms with Gasteiger partial charge in [-0.25, -0.2) is 4.98 Å². The van der Waals surface area contributed by atoms with E-state index < -0.39 is 0 Å². The minimum Gasteiger partial charge on any atom is -0.496 e. The molecule has 0 saturated heterocycles. The number of H-pyrrole nitrogens is 1. The number of para-hydroxylation sites is 3. The molecule has 3 aromatic rings. The number of hydrogen-bond donors (Lipinski definition) is 1. The number of nitrogens with one attached hydrogen (secondary N) is 1. The van der Waals surface area contributed by atoms with Crippen molar-refractivity contribution in [3.05, 3.63) is 64.4 Å². The van der Waals surface area contributed by atoms with Crippen LogP contribution in [0.4, 0.5) is 0 Å². The molecular weight excluding hydrogens is 268 g/mol. The number of nitrogens with zero attached hydrogens (tertiary/aromatic N) is 1. The van der Waals surface area contributed by atoms with Crippen molar-refractivity contribution in [3.8, 4) is 5.75 Å². The molecule has 0 atom stereocenters. The van der Waals surface area contributed by atoms with E-state index in [0.717, 1.165) is 28.0 Å². The molecule has 0 unspecified atom stereocenters. The minimum absolute atomic E-state index is 0.657. The van der Waals surface area contributed by atoms with E-state index in [1.54, 1.807) is 7.11 Å². The highest BCUT2D eigenvalue weighted by Gasteiger charge is 2.07. The third-order valence-electron chi connectivity index (χ3n) is 3.22. The molecule has 0 aliphatic heterocycles. The van der Waals surface area contributed by atoms with Crippen molar-refractivity contribution in [3.63, 3.8) is 0 Å². The van der Waals surface area contributed by atoms with Crippen LogP contribution in [-0.2, 0) is 6.42 Å². The lowest BCUT2D eigenvalue weighted by molar-refractivity contribution is 0.410. The maximum atomic E-state index is 5.40. The Hall–Kier alpha value is -2.20. The number of aromatic amines is 1. The van der Waals surface area contributed by atoms with Gasteiger partial charge in [0.15, 0.2) is 0 Å². The molecule has 1 aromatic heterocycles. The Kier molecular flexibility index (Phi) is 3.48. The first-order valence-corrected chi connectivity index (χ1v) is 6.78. The fourth-order valence-electron chi connectivity index (χ4n) is 2.22. The third kappa shape index (κ3) is 2.42. The van der Waals surface area contributed by atoms with Gasteiger partial charge >= 0.3 is 0 Å². The summed E-state index contributed by atoms with van der Waals surface area (Å²) in [6.07, 6.45) is 0.657. The van der Waals surface area contributed by atoms with Crippen LogP contribution in [0.1, 0.15) is 11.3 Å². The smallest absolute Gasteiger partial charge is 0.125 e. The normalized spacial score (nSPS) is 10.7. The maximum Gasteiger partial charge on any atom is 0.125 e. The van der Waals surface area contributed by atoms with Crippen LogP contribution < -0.4 is 4.74 Å². The number of methoxy groups -OCH3 is 1. The molecule has 0 saturated carbocycles. The van der Waals surface area contributed by atoms with Gasteiger partial charge in [-0.1, -0.05) is 42.5 Å². The highest BCUT2D eigenvalue weighted by molar-refractivity contribution is 7.71. The van der Waals surface area contributed by atoms with E-state index in [1.165, 1.54) is 0 Å². The molecule has 3 rings (SSSR count). The summed E-state index contributed by atoms with van der Waals surface area (Å²) in [6, 6.07) is 15.8. The molecule has 0 radical (unpaired) electrons. The Balaban J connectivity index is 2.06. The lowest BCUT2D eigenvalue weighted by Crippen LogP contribution is -1.99. The Morgan fingerprint density at radius 2 is 1.85 bits per heavy atom. The Labute approximate surface area is 122 Å². The van der Waals surface area contributed by atoms with E-state index in [9.17, 15) is 0 Å². The molecule has 20 heavy (non-hydrogen) atoms. The molecule has 1 heterocycles. The lowest BCUT2D eigenvalue weighted by atomic mass is 10.1. The monoisotopic (exact) mass is 282 g/mol. The van der Waals surface area contributed by atoms with Gasteiger partial charge in [0.05, 0.1) is 23.8 Å². The number of ether oxygens (including phenoxy) is 1. The van der Waals surface area contributed by atoms with E-state index in [1.807, 2.05) is 48.5 Å². The van der Waals surface area contributed by atoms with Gasteiger partial charge in [0.2, 0.25) is 0 Å². The number of aromatic nitrogens is 2. The molecule has 2 aromatic carbocycles. The van der Waals surface area contributed by atoms with Crippen LogP contribution in [-0.4, -0.2) is 17.1 Å². The molecule has 0 aliphatic rings. The van der Waals surface area contributed by atoms with E-state index >= 15 is 0 Å². The topological polar surface area (TPSA) is 37.9 Å². The summed E-state index contributed by atoms with van der Waals surface area (Å²) in [6.45, 7) is 0. The Morgan fingerprint density at radius 3 is 2.70 bits per heavy atom. The van der Waals surface area contributed by atoms with Crippen molar-refractivity contribution in [1.82, 2.24) is 9.97 Å². The number of rotatable bonds is 3. The Morgan fingerprint density at radius 1 is 1.10 bits per heavy atom. The summed E-state index contributed by atoms with van der Waals surface area (Å²) in [5, 5.41) is 0. The van der Waals surface area contributed by atoms with Gasteiger partial charge in [-0.3, -0.25) is 0 Å². The standard InChI is InChI=1S/C16H14N2OS/c1-19-15-9-5-2-6-11(15)10-14-16(20)18-13-8-4-3-7-12(13)17-14/h2-9H,10H2,1H3,(H,18,20). The van der Waals surface area contributed by atoms with Gasteiger partial charge in [-0.2, -0.15) is 0 Å². The molecular formula is C16H14N2OS. The largest absolute Gasteiger partial charge is 0.496 e. The zero-order valence-corrected chi connectivity index (χ0v) is 11.9. The van der Waals surface area contributed by atoms with Crippen molar-refractivity contribution in [2.45, 2.75) is 6.42 Å². The molecule has 0 fully saturated rings. The average molecular weight is 282 g/mol. The molecule has 0 spiro atoms. The number of fused-ring (bicyclic) bond motifs is 1. The van der Waals surface area contributed by atoms with Crippen molar-refractivity contribution in [2.24, 2.45) is 0 Å². The minimum atomic E-state index is 0.657. The summed E-state index contributed by atoms with van der Waals surface area (Å²) < 4.78 is 6.05. The lowest BCUT2D eigenvalue weighted by Gasteiger charge is -2.08. The van der Waals surface area contributed by atoms with Gasteiger partial charge in [0.1, 0.15) is 10.4 Å². The quantitative estimate of drug-likeness (QED) is 0.741. The Bertz CT molecular complexity index is 811. The van der Waals surface area contributed by atoms with Gasteiger partial charge in [-0.05, 0) is 18.2 Å². The van der Waals surface area contributed by atoms with Crippen molar-refractivity contribution < 1.29 is 4.74 Å². The number of hydrogen-bond acceptors (Lipinski definition) is 3. The molecule has 0 aliphatic carbocycles. The van der Waals surface area contributed by atoms with Crippen LogP contribution in [0.15, 0.2) is 48.5 Å². The molecule has 3 nitrogen and oxygen atoms in total. The fourth-order valence-corrected chi connectivity index (χ4v) is 2.44. The first-order valence-electron chi connectivity index (χ1n) is 6.38. The summed E-state index contributed by atoms with van der Waals surface area (Å²) in [4.78, 5) is 7.88. The molecule has 4 heteroatoms. The second-order valence-electron chi connectivity index (χ2n) is 4.52. The van der Waals surface area contributed by atoms with Gasteiger partial charge in [0, 0.05) is 12.0 Å². The van der Waals surface area contributed by atoms with Crippen LogP contribution in [0.3, 0.4) is 0 Å². The predicted octanol–water partition coefficient (Wildman–Crippen LogP) is 3.89. The zero-order chi connectivity index (χ0) is 13.9. The SMILES string of the molecule is COc1ccccc1Cc1nc2ccccc2[nH]c1=S. The van der Waals surface area contributed by atoms with Crippen LogP contribution in [0, 0.1) is 4.64 Å². The van der Waals surface area contributed by atoms with Crippen LogP contribution in [0.25, 0.3) is 11.0 Å². The van der Waals surface area contributed by atoms with E-state index in [2.05, 4.69) is 9.97 Å². The first-order chi connectivity index (χ1) is 9.78. The highest BCUT2D eigenvalue weighted by Crippen LogP contribution is 2.21. The first kappa shape index (κ1) is 12.8. The summed E-state index contributed by atoms with van der Waals surface area (Å²) in [5.41, 5.74) is 3.83. The van der Waals surface area contributed by atoms with E-state index in [4.69, 9.17) is 17.0 Å². The average Bonchev–Trinajstić information content (AvgIpc) is 2.48. The molecule has 0 amide bonds. The van der Waals surface area contributed by atoms with Crippen LogP contribution in [0.5, 0.6) is 5.75 Å². The zero-order valence-electron chi connectivity index (χ0n) is 11.1. The van der Waals surface area contributed by atoms with Crippen molar-refractivity contribution in [1.29, 1.82) is 0 Å². The summed E-state index contributed by atoms with van der Waals surface area (Å²) in [5.74, 6) is 0.858. The van der Waals surface area contributed by atoms with E-state index in [-0.39, 0.29) is 0 Å². The van der Waals surface area contributed by atoms with Gasteiger partial charge in [0.25, 0.3) is 0 Å². The van der Waals surface area contributed by atoms with Gasteiger partial charge < -0.3 is 9.72 Å². The molecule has 100 valence electrons. The molecule has 1 N–H and O–H groups in total. The second kappa shape index (κ2) is 5.43. The van der Waals surface area contributed by atoms with Crippen LogP contribution >= 0.6 is 12.2 Å². The maximum absolute atomic E-state index is 5.40. The summed E-state index contributed by atoms with van der Waals surface area (Å²) >= 11 is 5.40. The summed E-state index contributed by atoms with van der Waals surface area (Å²) in [7, 11) is 1.67. The van der Waals surface area contributed by atoms with Crippen molar-refractivity contribution in [2.75, 3.05) is 7.11 Å².